The number of nitrogens with one attached hydrogen (secondary N) is 1. The second-order valence-corrected chi connectivity index (χ2v) is 6.75. The first-order chi connectivity index (χ1) is 8.77. The minimum atomic E-state index is 0.155. The van der Waals surface area contributed by atoms with Crippen LogP contribution in [0.3, 0.4) is 0 Å². The van der Waals surface area contributed by atoms with Gasteiger partial charge >= 0.3 is 0 Å². The van der Waals surface area contributed by atoms with E-state index in [0.717, 1.165) is 34.5 Å². The Bertz CT molecular complexity index is 639. The molecule has 5 heteroatoms. The van der Waals surface area contributed by atoms with Gasteiger partial charge in [0.25, 0.3) is 0 Å². The summed E-state index contributed by atoms with van der Waals surface area (Å²) in [5.41, 5.74) is 3.48. The molecule has 0 amide bonds. The second kappa shape index (κ2) is 4.78. The summed E-state index contributed by atoms with van der Waals surface area (Å²) in [5.74, 6) is 0. The number of H-pyrrole nitrogens is 1. The zero-order valence-electron chi connectivity index (χ0n) is 12.7. The van der Waals surface area contributed by atoms with Gasteiger partial charge in [-0.3, -0.25) is 9.25 Å². The summed E-state index contributed by atoms with van der Waals surface area (Å²) >= 11 is 5.52. The summed E-state index contributed by atoms with van der Waals surface area (Å²) in [4.78, 5) is 3.35. The Hall–Kier alpha value is -1.10. The van der Waals surface area contributed by atoms with E-state index >= 15 is 0 Å². The summed E-state index contributed by atoms with van der Waals surface area (Å²) < 4.78 is 4.95. The van der Waals surface area contributed by atoms with Gasteiger partial charge in [0, 0.05) is 13.1 Å². The van der Waals surface area contributed by atoms with E-state index in [2.05, 4.69) is 49.3 Å². The molecular formula is C14H24N4S. The van der Waals surface area contributed by atoms with Gasteiger partial charge in [0.2, 0.25) is 0 Å². The summed E-state index contributed by atoms with van der Waals surface area (Å²) in [6.07, 6.45) is 2.07. The molecule has 0 aliphatic carbocycles. The summed E-state index contributed by atoms with van der Waals surface area (Å²) in [7, 11) is 2.00. The van der Waals surface area contributed by atoms with Crippen LogP contribution in [0, 0.1) is 10.2 Å². The molecule has 2 aromatic heterocycles. The molecule has 2 aromatic rings. The van der Waals surface area contributed by atoms with Crippen molar-refractivity contribution in [3.05, 3.63) is 10.5 Å². The van der Waals surface area contributed by atoms with E-state index in [9.17, 15) is 0 Å². The minimum absolute atomic E-state index is 0.155. The average molecular weight is 280 g/mol. The normalized spacial score (nSPS) is 14.2. The number of nitrogens with zero attached hydrogens (tertiary/aromatic N) is 3. The Morgan fingerprint density at radius 1 is 1.37 bits per heavy atom. The fourth-order valence-electron chi connectivity index (χ4n) is 2.40. The third kappa shape index (κ3) is 2.36. The number of hydrogen-bond donors (Lipinski definition) is 1. The lowest BCUT2D eigenvalue weighted by molar-refractivity contribution is 0.263. The highest BCUT2D eigenvalue weighted by atomic mass is 32.1. The van der Waals surface area contributed by atoms with E-state index in [1.165, 1.54) is 0 Å². The highest BCUT2D eigenvalue weighted by Gasteiger charge is 2.26. The lowest BCUT2D eigenvalue weighted by atomic mass is 9.88. The molecule has 1 N–H and O–H groups in total. The van der Waals surface area contributed by atoms with Gasteiger partial charge in [-0.05, 0) is 31.0 Å². The first-order valence-corrected chi connectivity index (χ1v) is 7.34. The van der Waals surface area contributed by atoms with Crippen molar-refractivity contribution in [1.82, 2.24) is 19.3 Å². The molecule has 4 nitrogen and oxygen atoms in total. The van der Waals surface area contributed by atoms with Gasteiger partial charge in [-0.25, -0.2) is 0 Å². The summed E-state index contributed by atoms with van der Waals surface area (Å²) in [6.45, 7) is 11.1. The Labute approximate surface area is 119 Å². The molecule has 0 aliphatic heterocycles. The predicted octanol–water partition coefficient (Wildman–Crippen LogP) is 3.99. The number of hydrogen-bond acceptors (Lipinski definition) is 2. The van der Waals surface area contributed by atoms with Crippen LogP contribution in [0.15, 0.2) is 0 Å². The van der Waals surface area contributed by atoms with Gasteiger partial charge in [0.15, 0.2) is 10.4 Å². The van der Waals surface area contributed by atoms with Crippen LogP contribution in [0.1, 0.15) is 52.8 Å². The first kappa shape index (κ1) is 14.3. The van der Waals surface area contributed by atoms with Crippen LogP contribution in [0.4, 0.5) is 0 Å². The largest absolute Gasteiger partial charge is 0.328 e. The van der Waals surface area contributed by atoms with E-state index in [0.29, 0.717) is 6.04 Å². The molecule has 106 valence electrons. The monoisotopic (exact) mass is 280 g/mol. The average Bonchev–Trinajstić information content (AvgIpc) is 2.76. The maximum Gasteiger partial charge on any atom is 0.179 e. The summed E-state index contributed by atoms with van der Waals surface area (Å²) in [5, 5.41) is 4.62. The van der Waals surface area contributed by atoms with E-state index in [4.69, 9.17) is 12.2 Å². The molecule has 1 atom stereocenters. The lowest BCUT2D eigenvalue weighted by Crippen LogP contribution is -2.22. The van der Waals surface area contributed by atoms with Crippen LogP contribution >= 0.6 is 12.2 Å². The first-order valence-electron chi connectivity index (χ1n) is 6.93. The molecule has 0 bridgehead atoms. The molecule has 0 fully saturated rings. The molecule has 0 saturated carbocycles. The van der Waals surface area contributed by atoms with Crippen LogP contribution in [0.5, 0.6) is 0 Å². The van der Waals surface area contributed by atoms with Crippen molar-refractivity contribution < 1.29 is 0 Å². The number of rotatable bonds is 3. The molecular weight excluding hydrogens is 256 g/mol. The molecule has 2 rings (SSSR count). The van der Waals surface area contributed by atoms with E-state index in [1.54, 1.807) is 0 Å². The Morgan fingerprint density at radius 3 is 2.53 bits per heavy atom. The Balaban J connectivity index is 2.69. The third-order valence-corrected chi connectivity index (χ3v) is 4.19. The van der Waals surface area contributed by atoms with Crippen LogP contribution in [-0.4, -0.2) is 19.3 Å². The van der Waals surface area contributed by atoms with Crippen molar-refractivity contribution in [2.24, 2.45) is 12.5 Å². The van der Waals surface area contributed by atoms with Crippen molar-refractivity contribution in [2.75, 3.05) is 0 Å². The molecule has 0 spiro atoms. The van der Waals surface area contributed by atoms with Gasteiger partial charge in [0.1, 0.15) is 5.52 Å². The molecule has 0 aliphatic rings. The predicted molar refractivity (Wildman–Crippen MR) is 82.0 cm³/mol. The van der Waals surface area contributed by atoms with Gasteiger partial charge in [0.05, 0.1) is 5.69 Å². The van der Waals surface area contributed by atoms with Gasteiger partial charge < -0.3 is 4.98 Å². The molecule has 0 saturated heterocycles. The van der Waals surface area contributed by atoms with Gasteiger partial charge in [-0.1, -0.05) is 34.1 Å². The lowest BCUT2D eigenvalue weighted by Gasteiger charge is -2.28. The van der Waals surface area contributed by atoms with Crippen molar-refractivity contribution in [2.45, 2.75) is 53.5 Å². The SMILES string of the molecule is CCCc1nn(C)c2c1[nH]c(=S)n2C(C)C(C)(C)C. The number of aromatic amines is 1. The molecule has 0 aromatic carbocycles. The van der Waals surface area contributed by atoms with Gasteiger partial charge in [-0.15, -0.1) is 0 Å². The van der Waals surface area contributed by atoms with Crippen LogP contribution in [0.2, 0.25) is 0 Å². The topological polar surface area (TPSA) is 38.5 Å². The zero-order chi connectivity index (χ0) is 14.4. The number of aromatic nitrogens is 4. The van der Waals surface area contributed by atoms with Crippen LogP contribution in [-0.2, 0) is 13.5 Å². The second-order valence-electron chi connectivity index (χ2n) is 6.36. The number of imidazole rings is 1. The quantitative estimate of drug-likeness (QED) is 0.863. The number of aryl methyl sites for hydroxylation is 2. The van der Waals surface area contributed by atoms with Gasteiger partial charge in [-0.2, -0.15) is 5.10 Å². The molecule has 2 heterocycles. The number of fused-ring (bicyclic) bond motifs is 1. The zero-order valence-corrected chi connectivity index (χ0v) is 13.6. The molecule has 0 radical (unpaired) electrons. The van der Waals surface area contributed by atoms with Crippen molar-refractivity contribution in [1.29, 1.82) is 0 Å². The van der Waals surface area contributed by atoms with Crippen molar-refractivity contribution in [3.63, 3.8) is 0 Å². The van der Waals surface area contributed by atoms with Crippen molar-refractivity contribution in [3.8, 4) is 0 Å². The third-order valence-electron chi connectivity index (χ3n) is 3.90. The van der Waals surface area contributed by atoms with E-state index < -0.39 is 0 Å². The fourth-order valence-corrected chi connectivity index (χ4v) is 2.74. The van der Waals surface area contributed by atoms with Crippen LogP contribution < -0.4 is 0 Å². The molecule has 1 unspecified atom stereocenters. The van der Waals surface area contributed by atoms with E-state index in [1.807, 2.05) is 11.7 Å². The fraction of sp³-hybridized carbons (Fsp3) is 0.714. The highest BCUT2D eigenvalue weighted by Crippen LogP contribution is 2.33. The molecule has 19 heavy (non-hydrogen) atoms. The van der Waals surface area contributed by atoms with E-state index in [-0.39, 0.29) is 5.41 Å². The highest BCUT2D eigenvalue weighted by molar-refractivity contribution is 7.71. The Kier molecular flexibility index (Phi) is 3.60. The maximum absolute atomic E-state index is 5.52. The van der Waals surface area contributed by atoms with Crippen LogP contribution in [0.25, 0.3) is 11.2 Å². The maximum atomic E-state index is 5.52. The van der Waals surface area contributed by atoms with Crippen molar-refractivity contribution >= 4 is 23.4 Å². The smallest absolute Gasteiger partial charge is 0.179 e. The standard InChI is InChI=1S/C14H24N4S/c1-7-8-10-11-12(17(6)16-10)18(13(19)15-11)9(2)14(3,4)5/h9H,7-8H2,1-6H3,(H,15,19). The Morgan fingerprint density at radius 2 is 2.00 bits per heavy atom. The minimum Gasteiger partial charge on any atom is -0.328 e. The summed E-state index contributed by atoms with van der Waals surface area (Å²) in [6, 6.07) is 0.318.